The highest BCUT2D eigenvalue weighted by molar-refractivity contribution is 7.99. The average molecular weight is 371 g/mol. The van der Waals surface area contributed by atoms with Crippen LogP contribution in [0.15, 0.2) is 34.2 Å². The fourth-order valence-corrected chi connectivity index (χ4v) is 3.47. The van der Waals surface area contributed by atoms with Crippen molar-refractivity contribution in [1.29, 1.82) is 0 Å². The maximum Gasteiger partial charge on any atom is 0.252 e. The number of benzene rings is 1. The Balaban J connectivity index is 1.76. The van der Waals surface area contributed by atoms with Crippen molar-refractivity contribution in [2.24, 2.45) is 0 Å². The van der Waals surface area contributed by atoms with Crippen molar-refractivity contribution in [3.8, 4) is 0 Å². The van der Waals surface area contributed by atoms with Crippen molar-refractivity contribution in [2.75, 3.05) is 11.1 Å². The molecule has 2 N–H and O–H groups in total. The number of hydrogen-bond donors (Lipinski definition) is 2. The molecular formula is C18H21N5O2S. The van der Waals surface area contributed by atoms with Gasteiger partial charge in [0.25, 0.3) is 5.56 Å². The second-order valence-corrected chi connectivity index (χ2v) is 7.04. The van der Waals surface area contributed by atoms with Crippen LogP contribution in [0.3, 0.4) is 0 Å². The van der Waals surface area contributed by atoms with Gasteiger partial charge in [0.1, 0.15) is 0 Å². The van der Waals surface area contributed by atoms with E-state index in [9.17, 15) is 9.59 Å². The summed E-state index contributed by atoms with van der Waals surface area (Å²) in [7, 11) is 0. The van der Waals surface area contributed by atoms with Gasteiger partial charge in [-0.2, -0.15) is 0 Å². The van der Waals surface area contributed by atoms with Crippen LogP contribution in [0.25, 0.3) is 5.78 Å². The van der Waals surface area contributed by atoms with E-state index >= 15 is 0 Å². The third-order valence-corrected chi connectivity index (χ3v) is 5.10. The van der Waals surface area contributed by atoms with Crippen molar-refractivity contribution in [3.63, 3.8) is 0 Å². The molecule has 7 nitrogen and oxygen atoms in total. The highest BCUT2D eigenvalue weighted by atomic mass is 32.2. The zero-order valence-corrected chi connectivity index (χ0v) is 15.8. The summed E-state index contributed by atoms with van der Waals surface area (Å²) in [6.45, 7) is 6.04. The number of aromatic amines is 1. The van der Waals surface area contributed by atoms with E-state index in [4.69, 9.17) is 0 Å². The minimum absolute atomic E-state index is 0.109. The first-order chi connectivity index (χ1) is 12.5. The van der Waals surface area contributed by atoms with E-state index in [1.165, 1.54) is 11.8 Å². The van der Waals surface area contributed by atoms with Gasteiger partial charge in [0, 0.05) is 17.4 Å². The van der Waals surface area contributed by atoms with Crippen LogP contribution in [-0.2, 0) is 11.2 Å². The molecule has 2 aromatic heterocycles. The lowest BCUT2D eigenvalue weighted by Crippen LogP contribution is -2.16. The van der Waals surface area contributed by atoms with Crippen molar-refractivity contribution in [1.82, 2.24) is 19.6 Å². The number of amides is 1. The number of aryl methyl sites for hydroxylation is 2. The van der Waals surface area contributed by atoms with Crippen LogP contribution >= 0.6 is 11.8 Å². The second kappa shape index (κ2) is 7.74. The molecule has 1 aromatic carbocycles. The number of hydrogen-bond acceptors (Lipinski definition) is 5. The molecule has 0 fully saturated rings. The lowest BCUT2D eigenvalue weighted by Gasteiger charge is -2.10. The molecule has 0 bridgehead atoms. The predicted octanol–water partition coefficient (Wildman–Crippen LogP) is 2.72. The zero-order valence-electron chi connectivity index (χ0n) is 15.0. The molecule has 0 aliphatic heterocycles. The smallest absolute Gasteiger partial charge is 0.252 e. The lowest BCUT2D eigenvalue weighted by molar-refractivity contribution is -0.113. The van der Waals surface area contributed by atoms with E-state index in [-0.39, 0.29) is 17.2 Å². The molecule has 8 heteroatoms. The molecule has 26 heavy (non-hydrogen) atoms. The summed E-state index contributed by atoms with van der Waals surface area (Å²) >= 11 is 1.30. The van der Waals surface area contributed by atoms with E-state index in [0.717, 1.165) is 35.3 Å². The standard InChI is InChI=1S/C18H21N5O2S/c1-4-6-13-9-15(24)20-17-21-22-18(23(13)17)26-10-16(25)19-14-8-5-7-11(2)12(14)3/h5,7-9H,4,6,10H2,1-3H3,(H,19,25)(H,20,21,24). The fraction of sp³-hybridized carbons (Fsp3) is 0.333. The summed E-state index contributed by atoms with van der Waals surface area (Å²) in [5, 5.41) is 11.7. The van der Waals surface area contributed by atoms with Crippen molar-refractivity contribution < 1.29 is 4.79 Å². The largest absolute Gasteiger partial charge is 0.325 e. The Labute approximate surface area is 155 Å². The normalized spacial score (nSPS) is 11.0. The quantitative estimate of drug-likeness (QED) is 0.650. The van der Waals surface area contributed by atoms with E-state index < -0.39 is 0 Å². The van der Waals surface area contributed by atoms with Gasteiger partial charge in [0.15, 0.2) is 5.16 Å². The summed E-state index contributed by atoms with van der Waals surface area (Å²) in [4.78, 5) is 26.7. The average Bonchev–Trinajstić information content (AvgIpc) is 3.00. The van der Waals surface area contributed by atoms with Gasteiger partial charge in [-0.25, -0.2) is 0 Å². The number of anilines is 1. The molecular weight excluding hydrogens is 350 g/mol. The molecule has 3 aromatic rings. The molecule has 0 aliphatic carbocycles. The Hall–Kier alpha value is -2.61. The number of nitrogens with zero attached hydrogens (tertiary/aromatic N) is 3. The van der Waals surface area contributed by atoms with Gasteiger partial charge in [-0.3, -0.25) is 19.0 Å². The molecule has 0 unspecified atom stereocenters. The Bertz CT molecular complexity index is 1010. The van der Waals surface area contributed by atoms with Crippen LogP contribution in [0, 0.1) is 13.8 Å². The van der Waals surface area contributed by atoms with E-state index in [0.29, 0.717) is 10.9 Å². The second-order valence-electron chi connectivity index (χ2n) is 6.10. The lowest BCUT2D eigenvalue weighted by atomic mass is 10.1. The van der Waals surface area contributed by atoms with Crippen LogP contribution in [0.4, 0.5) is 5.69 Å². The van der Waals surface area contributed by atoms with Gasteiger partial charge in [0.2, 0.25) is 11.7 Å². The Morgan fingerprint density at radius 2 is 2.12 bits per heavy atom. The van der Waals surface area contributed by atoms with Gasteiger partial charge in [-0.15, -0.1) is 10.2 Å². The maximum absolute atomic E-state index is 12.3. The van der Waals surface area contributed by atoms with Gasteiger partial charge < -0.3 is 5.32 Å². The first-order valence-electron chi connectivity index (χ1n) is 8.45. The minimum atomic E-state index is -0.197. The summed E-state index contributed by atoms with van der Waals surface area (Å²) in [5.74, 6) is 0.499. The van der Waals surface area contributed by atoms with E-state index in [1.807, 2.05) is 39.0 Å². The third kappa shape index (κ3) is 3.80. The number of fused-ring (bicyclic) bond motifs is 1. The van der Waals surface area contributed by atoms with Gasteiger partial charge in [0.05, 0.1) is 5.75 Å². The molecule has 0 spiro atoms. The number of aromatic nitrogens is 4. The SMILES string of the molecule is CCCc1cc(=O)[nH]c2nnc(SCC(=O)Nc3cccc(C)c3C)n12. The van der Waals surface area contributed by atoms with Gasteiger partial charge in [-0.1, -0.05) is 37.2 Å². The number of carbonyl (C=O) groups excluding carboxylic acids is 1. The first kappa shape index (κ1) is 18.2. The molecule has 1 amide bonds. The van der Waals surface area contributed by atoms with Crippen LogP contribution in [0.5, 0.6) is 0 Å². The van der Waals surface area contributed by atoms with Crippen LogP contribution in [0.1, 0.15) is 30.2 Å². The minimum Gasteiger partial charge on any atom is -0.325 e. The molecule has 2 heterocycles. The van der Waals surface area contributed by atoms with Gasteiger partial charge >= 0.3 is 0 Å². The number of rotatable bonds is 6. The number of H-pyrrole nitrogens is 1. The molecule has 0 aliphatic rings. The zero-order chi connectivity index (χ0) is 18.7. The number of carbonyl (C=O) groups is 1. The Morgan fingerprint density at radius 3 is 2.88 bits per heavy atom. The number of nitrogens with one attached hydrogen (secondary N) is 2. The summed E-state index contributed by atoms with van der Waals surface area (Å²) in [6, 6.07) is 7.38. The molecule has 0 atom stereocenters. The van der Waals surface area contributed by atoms with Crippen LogP contribution < -0.4 is 10.9 Å². The maximum atomic E-state index is 12.3. The van der Waals surface area contributed by atoms with Crippen LogP contribution in [-0.4, -0.2) is 31.2 Å². The summed E-state index contributed by atoms with van der Waals surface area (Å²) in [6.07, 6.45) is 1.63. The van der Waals surface area contributed by atoms with Crippen molar-refractivity contribution >= 4 is 29.1 Å². The number of thioether (sulfide) groups is 1. The third-order valence-electron chi connectivity index (χ3n) is 4.17. The fourth-order valence-electron chi connectivity index (χ4n) is 2.71. The Kier molecular flexibility index (Phi) is 5.41. The molecule has 136 valence electrons. The summed E-state index contributed by atoms with van der Waals surface area (Å²) < 4.78 is 1.81. The molecule has 0 saturated heterocycles. The topological polar surface area (TPSA) is 92.2 Å². The Morgan fingerprint density at radius 1 is 1.31 bits per heavy atom. The predicted molar refractivity (Wildman–Crippen MR) is 103 cm³/mol. The molecule has 0 saturated carbocycles. The van der Waals surface area contributed by atoms with Gasteiger partial charge in [-0.05, 0) is 37.5 Å². The highest BCUT2D eigenvalue weighted by Gasteiger charge is 2.14. The van der Waals surface area contributed by atoms with Crippen molar-refractivity contribution in [2.45, 2.75) is 38.8 Å². The van der Waals surface area contributed by atoms with E-state index in [1.54, 1.807) is 10.5 Å². The highest BCUT2D eigenvalue weighted by Crippen LogP contribution is 2.21. The monoisotopic (exact) mass is 371 g/mol. The summed E-state index contributed by atoms with van der Waals surface area (Å²) in [5.41, 5.74) is 3.65. The van der Waals surface area contributed by atoms with E-state index in [2.05, 4.69) is 20.5 Å². The first-order valence-corrected chi connectivity index (χ1v) is 9.44. The molecule has 0 radical (unpaired) electrons. The molecule has 3 rings (SSSR count). The van der Waals surface area contributed by atoms with Crippen LogP contribution in [0.2, 0.25) is 0 Å². The van der Waals surface area contributed by atoms with Crippen molar-refractivity contribution in [3.05, 3.63) is 51.4 Å².